The summed E-state index contributed by atoms with van der Waals surface area (Å²) < 4.78 is 11.9. The maximum Gasteiger partial charge on any atom is 0.128 e. The van der Waals surface area contributed by atoms with Gasteiger partial charge in [-0.1, -0.05) is 50.5 Å². The molecule has 1 saturated heterocycles. The minimum atomic E-state index is -0.857. The van der Waals surface area contributed by atoms with Gasteiger partial charge >= 0.3 is 0 Å². The summed E-state index contributed by atoms with van der Waals surface area (Å²) in [5, 5.41) is 25.4. The lowest BCUT2D eigenvalue weighted by atomic mass is 9.83. The number of nitrogens with one attached hydrogen (secondary N) is 1. The second-order valence-electron chi connectivity index (χ2n) is 10.6. The number of hydrogen-bond acceptors (Lipinski definition) is 5. The van der Waals surface area contributed by atoms with Crippen molar-refractivity contribution in [1.29, 1.82) is 0 Å². The second kappa shape index (κ2) is 12.2. The van der Waals surface area contributed by atoms with Crippen molar-refractivity contribution in [3.8, 4) is 11.5 Å². The highest BCUT2D eigenvalue weighted by molar-refractivity contribution is 5.86. The van der Waals surface area contributed by atoms with Crippen molar-refractivity contribution in [3.63, 3.8) is 0 Å². The first-order chi connectivity index (χ1) is 18.5. The number of fused-ring (bicyclic) bond motifs is 2. The molecule has 5 rings (SSSR count). The lowest BCUT2D eigenvalue weighted by molar-refractivity contribution is -0.0371. The smallest absolute Gasteiger partial charge is 0.128 e. The van der Waals surface area contributed by atoms with Crippen LogP contribution in [0.25, 0.3) is 21.7 Å². The summed E-state index contributed by atoms with van der Waals surface area (Å²) in [6.07, 6.45) is 7.34. The Hall–Kier alpha value is -3.06. The van der Waals surface area contributed by atoms with Crippen molar-refractivity contribution < 1.29 is 19.7 Å². The first-order valence-electron chi connectivity index (χ1n) is 14.0. The first-order valence-corrected chi connectivity index (χ1v) is 14.0. The molecule has 0 bridgehead atoms. The number of H-pyrrole nitrogens is 1. The monoisotopic (exact) mass is 516 g/mol. The molecule has 2 heterocycles. The molecule has 6 heteroatoms. The molecule has 3 N–H and O–H groups in total. The van der Waals surface area contributed by atoms with E-state index in [9.17, 15) is 10.2 Å². The number of β-amino-alcohol motifs (C(OH)–C–C–N with tert-alkyl or cyclic N) is 1. The van der Waals surface area contributed by atoms with E-state index in [1.807, 2.05) is 42.6 Å². The predicted octanol–water partition coefficient (Wildman–Crippen LogP) is 6.00. The number of hydrogen-bond donors (Lipinski definition) is 3. The Morgan fingerprint density at radius 1 is 0.947 bits per heavy atom. The highest BCUT2D eigenvalue weighted by Crippen LogP contribution is 2.35. The van der Waals surface area contributed by atoms with E-state index >= 15 is 0 Å². The quantitative estimate of drug-likeness (QED) is 0.201. The molecule has 1 aromatic heterocycles. The summed E-state index contributed by atoms with van der Waals surface area (Å²) in [5.41, 5.74) is 1.12. The number of ether oxygens (including phenoxy) is 2. The molecule has 0 radical (unpaired) electrons. The third-order valence-corrected chi connectivity index (χ3v) is 7.75. The molecule has 0 aliphatic carbocycles. The maximum atomic E-state index is 11.5. The molecular formula is C32H40N2O4. The van der Waals surface area contributed by atoms with Crippen molar-refractivity contribution in [1.82, 2.24) is 9.88 Å². The van der Waals surface area contributed by atoms with Crippen LogP contribution in [0.1, 0.15) is 51.0 Å². The topological polar surface area (TPSA) is 78.0 Å². The van der Waals surface area contributed by atoms with Crippen molar-refractivity contribution in [2.24, 2.45) is 0 Å². The van der Waals surface area contributed by atoms with Gasteiger partial charge in [0.05, 0.1) is 12.2 Å². The summed E-state index contributed by atoms with van der Waals surface area (Å²) >= 11 is 0. The van der Waals surface area contributed by atoms with Gasteiger partial charge in [-0.15, -0.1) is 0 Å². The number of piperidine rings is 1. The van der Waals surface area contributed by atoms with Crippen LogP contribution >= 0.6 is 0 Å². The zero-order valence-electron chi connectivity index (χ0n) is 22.4. The van der Waals surface area contributed by atoms with Gasteiger partial charge in [0.1, 0.15) is 24.2 Å². The normalized spacial score (nSPS) is 16.6. The van der Waals surface area contributed by atoms with Crippen molar-refractivity contribution in [2.75, 3.05) is 32.8 Å². The number of aromatic nitrogens is 1. The maximum absolute atomic E-state index is 11.5. The van der Waals surface area contributed by atoms with Gasteiger partial charge in [0.2, 0.25) is 0 Å². The standard InChI is InChI=1S/C32H40N2O4/c1-2-3-4-5-19-37-28-12-10-24-20-26(11-9-25(24)21-28)32(36)14-17-34(18-15-32)22-27(35)23-38-31-8-6-7-30-29(31)13-16-33-30/h6-13,16,20-21,27,33,35-36H,2-5,14-15,17-19,22-23H2,1H3/t27-/m0/s1. The van der Waals surface area contributed by atoms with E-state index in [2.05, 4.69) is 41.1 Å². The fourth-order valence-corrected chi connectivity index (χ4v) is 5.44. The lowest BCUT2D eigenvalue weighted by Crippen LogP contribution is -2.46. The Kier molecular flexibility index (Phi) is 8.52. The van der Waals surface area contributed by atoms with Crippen LogP contribution in [0.4, 0.5) is 0 Å². The van der Waals surface area contributed by atoms with Gasteiger partial charge in [-0.05, 0) is 72.0 Å². The fraction of sp³-hybridized carbons (Fsp3) is 0.438. The minimum Gasteiger partial charge on any atom is -0.494 e. The van der Waals surface area contributed by atoms with Crippen LogP contribution in [0.2, 0.25) is 0 Å². The van der Waals surface area contributed by atoms with Crippen molar-refractivity contribution in [3.05, 3.63) is 72.4 Å². The summed E-state index contributed by atoms with van der Waals surface area (Å²) in [5.74, 6) is 1.68. The Balaban J connectivity index is 1.12. The molecule has 0 spiro atoms. The van der Waals surface area contributed by atoms with Gasteiger partial charge < -0.3 is 29.6 Å². The zero-order chi connectivity index (χ0) is 26.4. The van der Waals surface area contributed by atoms with Crippen molar-refractivity contribution >= 4 is 21.7 Å². The summed E-state index contributed by atoms with van der Waals surface area (Å²) in [6, 6.07) is 20.3. The van der Waals surface area contributed by atoms with Crippen molar-refractivity contribution in [2.45, 2.75) is 57.2 Å². The Bertz CT molecular complexity index is 1330. The van der Waals surface area contributed by atoms with Gasteiger partial charge in [0.25, 0.3) is 0 Å². The molecule has 1 aliphatic rings. The highest BCUT2D eigenvalue weighted by atomic mass is 16.5. The van der Waals surface area contributed by atoms with Gasteiger partial charge in [-0.25, -0.2) is 0 Å². The molecule has 1 aliphatic heterocycles. The van der Waals surface area contributed by atoms with E-state index in [0.717, 1.165) is 64.9 Å². The van der Waals surface area contributed by atoms with Gasteiger partial charge in [0.15, 0.2) is 0 Å². The number of benzene rings is 3. The minimum absolute atomic E-state index is 0.236. The van der Waals surface area contributed by atoms with Gasteiger partial charge in [-0.3, -0.25) is 0 Å². The number of nitrogens with zero attached hydrogens (tertiary/aromatic N) is 1. The predicted molar refractivity (Wildman–Crippen MR) is 153 cm³/mol. The average Bonchev–Trinajstić information content (AvgIpc) is 3.42. The van der Waals surface area contributed by atoms with Crippen LogP contribution in [0.3, 0.4) is 0 Å². The molecule has 1 atom stereocenters. The number of unbranched alkanes of at least 4 members (excludes halogenated alkanes) is 3. The van der Waals surface area contributed by atoms with Crippen LogP contribution in [0.5, 0.6) is 11.5 Å². The lowest BCUT2D eigenvalue weighted by Gasteiger charge is -2.39. The number of aliphatic hydroxyl groups is 2. The van der Waals surface area contributed by atoms with E-state index in [1.54, 1.807) is 0 Å². The number of aliphatic hydroxyl groups excluding tert-OH is 1. The molecule has 0 saturated carbocycles. The van der Waals surface area contributed by atoms with Crippen LogP contribution in [0, 0.1) is 0 Å². The summed E-state index contributed by atoms with van der Waals surface area (Å²) in [7, 11) is 0. The largest absolute Gasteiger partial charge is 0.494 e. The second-order valence-corrected chi connectivity index (χ2v) is 10.6. The molecule has 0 amide bonds. The first kappa shape index (κ1) is 26.5. The van der Waals surface area contributed by atoms with E-state index < -0.39 is 11.7 Å². The van der Waals surface area contributed by atoms with E-state index in [0.29, 0.717) is 19.4 Å². The molecule has 6 nitrogen and oxygen atoms in total. The van der Waals surface area contributed by atoms with E-state index in [1.165, 1.54) is 19.3 Å². The van der Waals surface area contributed by atoms with E-state index in [4.69, 9.17) is 9.47 Å². The fourth-order valence-electron chi connectivity index (χ4n) is 5.44. The highest BCUT2D eigenvalue weighted by Gasteiger charge is 2.34. The SMILES string of the molecule is CCCCCCOc1ccc2cc(C3(O)CCN(C[C@H](O)COc4cccc5[nH]ccc45)CC3)ccc2c1. The molecule has 3 aromatic carbocycles. The molecule has 202 valence electrons. The molecule has 0 unspecified atom stereocenters. The van der Waals surface area contributed by atoms with Crippen LogP contribution in [-0.2, 0) is 5.60 Å². The van der Waals surface area contributed by atoms with Gasteiger partial charge in [0, 0.05) is 36.7 Å². The van der Waals surface area contributed by atoms with Gasteiger partial charge in [-0.2, -0.15) is 0 Å². The third kappa shape index (κ3) is 6.32. The molecular weight excluding hydrogens is 476 g/mol. The van der Waals surface area contributed by atoms with E-state index in [-0.39, 0.29) is 6.61 Å². The average molecular weight is 517 g/mol. The van der Waals surface area contributed by atoms with Crippen LogP contribution in [-0.4, -0.2) is 59.0 Å². The molecule has 1 fully saturated rings. The number of likely N-dealkylation sites (tertiary alicyclic amines) is 1. The Morgan fingerprint density at radius 2 is 1.76 bits per heavy atom. The Morgan fingerprint density at radius 3 is 2.61 bits per heavy atom. The third-order valence-electron chi connectivity index (χ3n) is 7.75. The summed E-state index contributed by atoms with van der Waals surface area (Å²) in [4.78, 5) is 5.39. The Labute approximate surface area is 225 Å². The molecule has 38 heavy (non-hydrogen) atoms. The number of rotatable bonds is 12. The summed E-state index contributed by atoms with van der Waals surface area (Å²) in [6.45, 7) is 5.18. The van der Waals surface area contributed by atoms with Crippen LogP contribution in [0.15, 0.2) is 66.9 Å². The van der Waals surface area contributed by atoms with Crippen LogP contribution < -0.4 is 9.47 Å². The zero-order valence-corrected chi connectivity index (χ0v) is 22.4. The number of aromatic amines is 1. The molecule has 4 aromatic rings.